The van der Waals surface area contributed by atoms with Gasteiger partial charge in [0.2, 0.25) is 9.05 Å². The second-order valence-corrected chi connectivity index (χ2v) is 5.73. The highest BCUT2D eigenvalue weighted by atomic mass is 35.7. The Balaban J connectivity index is 3.08. The van der Waals surface area contributed by atoms with Gasteiger partial charge >= 0.3 is 0 Å². The normalized spacial score (nSPS) is 13.9. The van der Waals surface area contributed by atoms with E-state index < -0.39 is 20.1 Å². The maximum atomic E-state index is 12.6. The van der Waals surface area contributed by atoms with Gasteiger partial charge in [0, 0.05) is 10.7 Å². The summed E-state index contributed by atoms with van der Waals surface area (Å²) in [5, 5.41) is -0.759. The Bertz CT molecular complexity index is 399. The second-order valence-electron chi connectivity index (χ2n) is 2.92. The maximum absolute atomic E-state index is 12.6. The zero-order valence-electron chi connectivity index (χ0n) is 7.57. The summed E-state index contributed by atoms with van der Waals surface area (Å²) in [6.45, 7) is 1.72. The summed E-state index contributed by atoms with van der Waals surface area (Å²) in [6.07, 6.45) is 0.372. The highest BCUT2D eigenvalue weighted by molar-refractivity contribution is 8.13. The molecule has 0 saturated heterocycles. The third kappa shape index (κ3) is 2.69. The molecule has 0 spiro atoms. The molecule has 1 aromatic rings. The quantitative estimate of drug-likeness (QED) is 0.757. The van der Waals surface area contributed by atoms with Crippen molar-refractivity contribution in [2.24, 2.45) is 0 Å². The molecule has 14 heavy (non-hydrogen) atoms. The molecule has 2 nitrogen and oxygen atoms in total. The van der Waals surface area contributed by atoms with Crippen LogP contribution in [0.5, 0.6) is 0 Å². The van der Waals surface area contributed by atoms with Gasteiger partial charge in [0.25, 0.3) is 0 Å². The number of hydrogen-bond donors (Lipinski definition) is 0. The van der Waals surface area contributed by atoms with E-state index in [4.69, 9.17) is 10.7 Å². The molecule has 0 heterocycles. The van der Waals surface area contributed by atoms with E-state index in [2.05, 4.69) is 0 Å². The van der Waals surface area contributed by atoms with Gasteiger partial charge in [-0.25, -0.2) is 12.8 Å². The summed E-state index contributed by atoms with van der Waals surface area (Å²) >= 11 is 0. The molecule has 0 fully saturated rings. The lowest BCUT2D eigenvalue weighted by Gasteiger charge is -2.10. The third-order valence-corrected chi connectivity index (χ3v) is 3.88. The monoisotopic (exact) mass is 236 g/mol. The summed E-state index contributed by atoms with van der Waals surface area (Å²) in [4.78, 5) is 0. The molecule has 0 aliphatic carbocycles. The van der Waals surface area contributed by atoms with Crippen molar-refractivity contribution in [3.05, 3.63) is 35.6 Å². The predicted octanol–water partition coefficient (Wildman–Crippen LogP) is 2.85. The van der Waals surface area contributed by atoms with Crippen LogP contribution in [0.1, 0.15) is 24.2 Å². The van der Waals surface area contributed by atoms with Gasteiger partial charge in [-0.15, -0.1) is 0 Å². The minimum atomic E-state index is -3.63. The molecule has 0 aromatic heterocycles. The zero-order valence-corrected chi connectivity index (χ0v) is 9.15. The van der Waals surface area contributed by atoms with E-state index in [0.717, 1.165) is 0 Å². The lowest BCUT2D eigenvalue weighted by molar-refractivity contribution is 0.592. The van der Waals surface area contributed by atoms with Crippen LogP contribution in [0, 0.1) is 5.82 Å². The molecule has 0 aliphatic heterocycles. The van der Waals surface area contributed by atoms with Crippen molar-refractivity contribution in [2.45, 2.75) is 18.6 Å². The molecule has 78 valence electrons. The van der Waals surface area contributed by atoms with Gasteiger partial charge in [0.05, 0.1) is 0 Å². The van der Waals surface area contributed by atoms with Gasteiger partial charge < -0.3 is 0 Å². The Morgan fingerprint density at radius 1 is 1.36 bits per heavy atom. The molecule has 1 atom stereocenters. The van der Waals surface area contributed by atoms with E-state index in [1.807, 2.05) is 0 Å². The van der Waals surface area contributed by atoms with Crippen LogP contribution in [0.2, 0.25) is 0 Å². The van der Waals surface area contributed by atoms with Crippen LogP contribution >= 0.6 is 10.7 Å². The summed E-state index contributed by atoms with van der Waals surface area (Å²) in [7, 11) is 1.62. The standard InChI is InChI=1S/C9H10ClFO2S/c1-2-9(14(10,12)13)7-3-5-8(11)6-4-7/h3-6,9H,2H2,1H3. The fourth-order valence-corrected chi connectivity index (χ4v) is 2.84. The van der Waals surface area contributed by atoms with Crippen molar-refractivity contribution in [1.82, 2.24) is 0 Å². The number of halogens is 2. The van der Waals surface area contributed by atoms with Crippen LogP contribution in [0.3, 0.4) is 0 Å². The summed E-state index contributed by atoms with van der Waals surface area (Å²) < 4.78 is 34.8. The molecule has 0 aliphatic rings. The Morgan fingerprint density at radius 2 is 1.86 bits per heavy atom. The lowest BCUT2D eigenvalue weighted by Crippen LogP contribution is -2.05. The van der Waals surface area contributed by atoms with Crippen LogP contribution in [-0.4, -0.2) is 8.42 Å². The average Bonchev–Trinajstić information content (AvgIpc) is 2.07. The predicted molar refractivity (Wildman–Crippen MR) is 54.2 cm³/mol. The molecule has 0 bridgehead atoms. The molecule has 1 unspecified atom stereocenters. The average molecular weight is 237 g/mol. The lowest BCUT2D eigenvalue weighted by atomic mass is 10.1. The Labute approximate surface area is 87.1 Å². The fraction of sp³-hybridized carbons (Fsp3) is 0.333. The molecule has 0 saturated carbocycles. The van der Waals surface area contributed by atoms with Gasteiger partial charge in [-0.1, -0.05) is 19.1 Å². The van der Waals surface area contributed by atoms with Crippen LogP contribution < -0.4 is 0 Å². The zero-order chi connectivity index (χ0) is 10.8. The molecular formula is C9H10ClFO2S. The second kappa shape index (κ2) is 4.28. The van der Waals surface area contributed by atoms with Gasteiger partial charge in [-0.3, -0.25) is 0 Å². The van der Waals surface area contributed by atoms with E-state index in [0.29, 0.717) is 12.0 Å². The van der Waals surface area contributed by atoms with Crippen molar-refractivity contribution in [3.63, 3.8) is 0 Å². The van der Waals surface area contributed by atoms with E-state index in [9.17, 15) is 12.8 Å². The van der Waals surface area contributed by atoms with Gasteiger partial charge in [0.1, 0.15) is 11.1 Å². The van der Waals surface area contributed by atoms with Crippen molar-refractivity contribution >= 4 is 19.7 Å². The van der Waals surface area contributed by atoms with Crippen LogP contribution in [0.25, 0.3) is 0 Å². The SMILES string of the molecule is CCC(c1ccc(F)cc1)S(=O)(=O)Cl. The molecule has 1 aromatic carbocycles. The third-order valence-electron chi connectivity index (χ3n) is 1.95. The van der Waals surface area contributed by atoms with Gasteiger partial charge in [-0.2, -0.15) is 0 Å². The highest BCUT2D eigenvalue weighted by Gasteiger charge is 2.22. The first-order valence-corrected chi connectivity index (χ1v) is 6.51. The minimum absolute atomic E-state index is 0.372. The minimum Gasteiger partial charge on any atom is -0.212 e. The van der Waals surface area contributed by atoms with Crippen molar-refractivity contribution in [1.29, 1.82) is 0 Å². The fourth-order valence-electron chi connectivity index (χ4n) is 1.27. The number of benzene rings is 1. The summed E-state index contributed by atoms with van der Waals surface area (Å²) in [5.41, 5.74) is 0.518. The van der Waals surface area contributed by atoms with E-state index in [-0.39, 0.29) is 0 Å². The van der Waals surface area contributed by atoms with Crippen molar-refractivity contribution in [2.75, 3.05) is 0 Å². The van der Waals surface area contributed by atoms with E-state index >= 15 is 0 Å². The Morgan fingerprint density at radius 3 is 2.21 bits per heavy atom. The smallest absolute Gasteiger partial charge is 0.212 e. The molecule has 5 heteroatoms. The first-order chi connectivity index (χ1) is 6.45. The van der Waals surface area contributed by atoms with E-state index in [1.165, 1.54) is 24.3 Å². The Hall–Kier alpha value is -0.610. The summed E-state index contributed by atoms with van der Waals surface area (Å²) in [5.74, 6) is -0.393. The first kappa shape index (κ1) is 11.5. The number of hydrogen-bond acceptors (Lipinski definition) is 2. The van der Waals surface area contributed by atoms with Crippen molar-refractivity contribution in [3.8, 4) is 0 Å². The summed E-state index contributed by atoms with van der Waals surface area (Å²) in [6, 6.07) is 5.31. The molecule has 1 rings (SSSR count). The largest absolute Gasteiger partial charge is 0.239 e. The van der Waals surface area contributed by atoms with Crippen LogP contribution in [0.4, 0.5) is 4.39 Å². The van der Waals surface area contributed by atoms with Crippen LogP contribution in [0.15, 0.2) is 24.3 Å². The number of rotatable bonds is 3. The molecular weight excluding hydrogens is 227 g/mol. The van der Waals surface area contributed by atoms with E-state index in [1.54, 1.807) is 6.92 Å². The molecule has 0 N–H and O–H groups in total. The maximum Gasteiger partial charge on any atom is 0.239 e. The Kier molecular flexibility index (Phi) is 3.50. The van der Waals surface area contributed by atoms with Crippen molar-refractivity contribution < 1.29 is 12.8 Å². The first-order valence-electron chi connectivity index (χ1n) is 4.14. The molecule has 0 radical (unpaired) electrons. The van der Waals surface area contributed by atoms with Gasteiger partial charge in [-0.05, 0) is 24.1 Å². The topological polar surface area (TPSA) is 34.1 Å². The van der Waals surface area contributed by atoms with Crippen LogP contribution in [-0.2, 0) is 9.05 Å². The highest BCUT2D eigenvalue weighted by Crippen LogP contribution is 2.28. The molecule has 0 amide bonds. The van der Waals surface area contributed by atoms with Gasteiger partial charge in [0.15, 0.2) is 0 Å².